The molecule has 3 saturated heterocycles. The van der Waals surface area contributed by atoms with Crippen molar-refractivity contribution in [2.75, 3.05) is 44.8 Å². The standard InChI is InChI=1S/C25H36N4O4/c1-33-16-8-15-28(18-19-9-7-14-27-13-6-5-12-22(19)27)23(30)17-21-24(31)29(25(32)26-21)20-10-3-2-4-11-20/h2-4,10-11,19,21-22H,5-9,12-18H2,1H3,(H,26,32)/t19-,21+,22+/m0/s1. The third-order valence-corrected chi connectivity index (χ3v) is 7.23. The van der Waals surface area contributed by atoms with Gasteiger partial charge in [-0.25, -0.2) is 9.69 Å². The Labute approximate surface area is 196 Å². The number of nitrogens with one attached hydrogen (secondary N) is 1. The van der Waals surface area contributed by atoms with Gasteiger partial charge in [0.25, 0.3) is 5.91 Å². The van der Waals surface area contributed by atoms with Crippen molar-refractivity contribution in [3.05, 3.63) is 30.3 Å². The fraction of sp³-hybridized carbons (Fsp3) is 0.640. The lowest BCUT2D eigenvalue weighted by atomic mass is 9.83. The number of hydrogen-bond acceptors (Lipinski definition) is 5. The average molecular weight is 457 g/mol. The summed E-state index contributed by atoms with van der Waals surface area (Å²) in [5.41, 5.74) is 0.520. The van der Waals surface area contributed by atoms with E-state index in [1.807, 2.05) is 11.0 Å². The maximum Gasteiger partial charge on any atom is 0.329 e. The summed E-state index contributed by atoms with van der Waals surface area (Å²) < 4.78 is 5.21. The number of benzene rings is 1. The Morgan fingerprint density at radius 2 is 1.91 bits per heavy atom. The zero-order chi connectivity index (χ0) is 23.2. The van der Waals surface area contributed by atoms with Crippen LogP contribution in [0.15, 0.2) is 30.3 Å². The number of methoxy groups -OCH3 is 1. The van der Waals surface area contributed by atoms with Crippen LogP contribution in [0.4, 0.5) is 10.5 Å². The van der Waals surface area contributed by atoms with Crippen molar-refractivity contribution in [3.63, 3.8) is 0 Å². The molecule has 3 aliphatic heterocycles. The predicted octanol–water partition coefficient (Wildman–Crippen LogP) is 2.63. The van der Waals surface area contributed by atoms with Gasteiger partial charge >= 0.3 is 6.03 Å². The largest absolute Gasteiger partial charge is 0.385 e. The van der Waals surface area contributed by atoms with Gasteiger partial charge < -0.3 is 19.9 Å². The molecule has 0 radical (unpaired) electrons. The first-order valence-corrected chi connectivity index (χ1v) is 12.3. The molecule has 0 bridgehead atoms. The van der Waals surface area contributed by atoms with E-state index in [-0.39, 0.29) is 18.2 Å². The number of imide groups is 1. The van der Waals surface area contributed by atoms with Crippen molar-refractivity contribution in [2.45, 2.75) is 57.0 Å². The minimum absolute atomic E-state index is 0.0119. The number of para-hydroxylation sites is 1. The van der Waals surface area contributed by atoms with Gasteiger partial charge in [-0.3, -0.25) is 9.59 Å². The molecule has 3 aliphatic rings. The summed E-state index contributed by atoms with van der Waals surface area (Å²) in [6.07, 6.45) is 6.77. The van der Waals surface area contributed by atoms with Gasteiger partial charge in [0.1, 0.15) is 6.04 Å². The van der Waals surface area contributed by atoms with Crippen molar-refractivity contribution < 1.29 is 19.1 Å². The van der Waals surface area contributed by atoms with Gasteiger partial charge in [0.05, 0.1) is 12.1 Å². The quantitative estimate of drug-likeness (QED) is 0.456. The van der Waals surface area contributed by atoms with E-state index in [9.17, 15) is 14.4 Å². The Morgan fingerprint density at radius 3 is 2.70 bits per heavy atom. The molecule has 0 aromatic heterocycles. The van der Waals surface area contributed by atoms with E-state index in [2.05, 4.69) is 10.2 Å². The molecule has 3 heterocycles. The molecule has 3 atom stereocenters. The molecule has 0 aliphatic carbocycles. The van der Waals surface area contributed by atoms with Gasteiger partial charge in [0.15, 0.2) is 0 Å². The van der Waals surface area contributed by atoms with Crippen molar-refractivity contribution in [3.8, 4) is 0 Å². The van der Waals surface area contributed by atoms with E-state index < -0.39 is 12.1 Å². The lowest BCUT2D eigenvalue weighted by molar-refractivity contribution is -0.135. The summed E-state index contributed by atoms with van der Waals surface area (Å²) in [5.74, 6) is 0.0142. The Morgan fingerprint density at radius 1 is 1.12 bits per heavy atom. The van der Waals surface area contributed by atoms with Crippen LogP contribution in [0.2, 0.25) is 0 Å². The Hall–Kier alpha value is -2.45. The zero-order valence-corrected chi connectivity index (χ0v) is 19.6. The number of hydrogen-bond donors (Lipinski definition) is 1. The molecule has 4 rings (SSSR count). The molecule has 3 fully saturated rings. The summed E-state index contributed by atoms with van der Waals surface area (Å²) >= 11 is 0. The summed E-state index contributed by atoms with van der Waals surface area (Å²) in [5, 5.41) is 2.71. The fourth-order valence-corrected chi connectivity index (χ4v) is 5.59. The normalized spacial score (nSPS) is 25.6. The minimum atomic E-state index is -0.826. The Kier molecular flexibility index (Phi) is 7.98. The van der Waals surface area contributed by atoms with Crippen LogP contribution in [0.5, 0.6) is 0 Å². The summed E-state index contributed by atoms with van der Waals surface area (Å²) in [6, 6.07) is 8.09. The number of rotatable bonds is 9. The van der Waals surface area contributed by atoms with Crippen LogP contribution in [0.3, 0.4) is 0 Å². The molecule has 1 aromatic rings. The maximum absolute atomic E-state index is 13.4. The Balaban J connectivity index is 1.42. The van der Waals surface area contributed by atoms with Crippen molar-refractivity contribution in [2.24, 2.45) is 5.92 Å². The second kappa shape index (κ2) is 11.1. The van der Waals surface area contributed by atoms with Crippen LogP contribution < -0.4 is 10.2 Å². The molecule has 8 nitrogen and oxygen atoms in total. The number of amides is 4. The zero-order valence-electron chi connectivity index (χ0n) is 19.6. The number of fused-ring (bicyclic) bond motifs is 1. The molecular formula is C25H36N4O4. The number of anilines is 1. The topological polar surface area (TPSA) is 82.2 Å². The number of piperidine rings is 2. The maximum atomic E-state index is 13.4. The molecule has 0 unspecified atom stereocenters. The van der Waals surface area contributed by atoms with Crippen molar-refractivity contribution in [1.82, 2.24) is 15.1 Å². The smallest absolute Gasteiger partial charge is 0.329 e. The second-order valence-electron chi connectivity index (χ2n) is 9.40. The fourth-order valence-electron chi connectivity index (χ4n) is 5.59. The van der Waals surface area contributed by atoms with Crippen LogP contribution >= 0.6 is 0 Å². The number of nitrogens with zero attached hydrogens (tertiary/aromatic N) is 3. The molecule has 180 valence electrons. The van der Waals surface area contributed by atoms with Gasteiger partial charge in [0, 0.05) is 32.8 Å². The third-order valence-electron chi connectivity index (χ3n) is 7.23. The van der Waals surface area contributed by atoms with E-state index in [4.69, 9.17) is 4.74 Å². The molecule has 1 aromatic carbocycles. The first kappa shape index (κ1) is 23.7. The summed E-state index contributed by atoms with van der Waals surface area (Å²) in [6.45, 7) is 4.23. The van der Waals surface area contributed by atoms with Crippen LogP contribution in [-0.2, 0) is 14.3 Å². The molecule has 8 heteroatoms. The summed E-state index contributed by atoms with van der Waals surface area (Å²) in [7, 11) is 1.66. The van der Waals surface area contributed by atoms with Crippen LogP contribution in [0, 0.1) is 5.92 Å². The molecule has 0 saturated carbocycles. The monoisotopic (exact) mass is 456 g/mol. The molecule has 4 amide bonds. The number of carbonyl (C=O) groups excluding carboxylic acids is 3. The number of urea groups is 1. The van der Waals surface area contributed by atoms with E-state index in [1.54, 1.807) is 31.4 Å². The molecular weight excluding hydrogens is 420 g/mol. The van der Waals surface area contributed by atoms with Gasteiger partial charge in [0.2, 0.25) is 5.91 Å². The third kappa shape index (κ3) is 5.55. The molecule has 0 spiro atoms. The van der Waals surface area contributed by atoms with E-state index in [0.29, 0.717) is 37.3 Å². The van der Waals surface area contributed by atoms with E-state index in [1.165, 1.54) is 25.7 Å². The highest BCUT2D eigenvalue weighted by atomic mass is 16.5. The Bertz CT molecular complexity index is 831. The van der Waals surface area contributed by atoms with Gasteiger partial charge in [-0.2, -0.15) is 0 Å². The predicted molar refractivity (Wildman–Crippen MR) is 126 cm³/mol. The number of ether oxygens (including phenoxy) is 1. The van der Waals surface area contributed by atoms with Gasteiger partial charge in [-0.15, -0.1) is 0 Å². The van der Waals surface area contributed by atoms with E-state index in [0.717, 1.165) is 30.8 Å². The highest BCUT2D eigenvalue weighted by molar-refractivity contribution is 6.22. The molecule has 33 heavy (non-hydrogen) atoms. The lowest BCUT2D eigenvalue weighted by Gasteiger charge is -2.45. The van der Waals surface area contributed by atoms with E-state index >= 15 is 0 Å². The first-order chi connectivity index (χ1) is 16.1. The molecule has 1 N–H and O–H groups in total. The number of carbonyl (C=O) groups is 3. The van der Waals surface area contributed by atoms with Crippen LogP contribution in [0.25, 0.3) is 0 Å². The van der Waals surface area contributed by atoms with Crippen LogP contribution in [-0.4, -0.2) is 79.6 Å². The summed E-state index contributed by atoms with van der Waals surface area (Å²) in [4.78, 5) is 44.5. The average Bonchev–Trinajstić information content (AvgIpc) is 3.11. The van der Waals surface area contributed by atoms with Crippen molar-refractivity contribution in [1.29, 1.82) is 0 Å². The highest BCUT2D eigenvalue weighted by Gasteiger charge is 2.41. The van der Waals surface area contributed by atoms with Gasteiger partial charge in [-0.1, -0.05) is 24.6 Å². The van der Waals surface area contributed by atoms with Crippen LogP contribution in [0.1, 0.15) is 44.9 Å². The second-order valence-corrected chi connectivity index (χ2v) is 9.40. The first-order valence-electron chi connectivity index (χ1n) is 12.3. The minimum Gasteiger partial charge on any atom is -0.385 e. The highest BCUT2D eigenvalue weighted by Crippen LogP contribution is 2.31. The van der Waals surface area contributed by atoms with Crippen molar-refractivity contribution >= 4 is 23.5 Å². The lowest BCUT2D eigenvalue weighted by Crippen LogP contribution is -2.52. The SMILES string of the molecule is COCCCN(C[C@@H]1CCCN2CCCC[C@H]12)C(=O)C[C@H]1NC(=O)N(c2ccccc2)C1=O. The van der Waals surface area contributed by atoms with Gasteiger partial charge in [-0.05, 0) is 63.2 Å².